The molecule has 4 heterocycles. The van der Waals surface area contributed by atoms with Crippen LogP contribution in [0.4, 0.5) is 0 Å². The molecule has 0 N–H and O–H groups in total. The SMILES string of the molecule is CC(C)c1cc(C(C)C)ncn1.CC(C)c1ccc(C(C)C)nn1.CC(C)c1ccnc(C(C)C)n1.CC(C)c1cnc(C(C)C)nc1. The van der Waals surface area contributed by atoms with Crippen molar-refractivity contribution in [2.75, 3.05) is 0 Å². The molecule has 0 amide bonds. The van der Waals surface area contributed by atoms with E-state index in [-0.39, 0.29) is 0 Å². The van der Waals surface area contributed by atoms with Gasteiger partial charge in [0.25, 0.3) is 0 Å². The first-order chi connectivity index (χ1) is 22.4. The second kappa shape index (κ2) is 21.3. The molecule has 0 saturated heterocycles. The van der Waals surface area contributed by atoms with Gasteiger partial charge >= 0.3 is 0 Å². The lowest BCUT2D eigenvalue weighted by molar-refractivity contribution is 0.729. The predicted octanol–water partition coefficient (Wildman–Crippen LogP) is 10.9. The molecule has 264 valence electrons. The normalized spacial score (nSPS) is 11.2. The third-order valence-electron chi connectivity index (χ3n) is 7.46. The summed E-state index contributed by atoms with van der Waals surface area (Å²) >= 11 is 0. The lowest BCUT2D eigenvalue weighted by Crippen LogP contribution is -2.01. The van der Waals surface area contributed by atoms with Crippen LogP contribution in [-0.4, -0.2) is 40.1 Å². The highest BCUT2D eigenvalue weighted by molar-refractivity contribution is 5.14. The van der Waals surface area contributed by atoms with E-state index in [1.165, 1.54) is 5.56 Å². The maximum atomic E-state index is 4.46. The molecule has 0 aliphatic carbocycles. The highest BCUT2D eigenvalue weighted by Crippen LogP contribution is 2.17. The molecule has 0 atom stereocenters. The quantitative estimate of drug-likeness (QED) is 0.184. The van der Waals surface area contributed by atoms with Crippen molar-refractivity contribution < 1.29 is 0 Å². The van der Waals surface area contributed by atoms with Crippen molar-refractivity contribution in [2.45, 2.75) is 158 Å². The summed E-state index contributed by atoms with van der Waals surface area (Å²) in [6.07, 6.45) is 7.35. The average Bonchev–Trinajstić information content (AvgIpc) is 3.05. The molecule has 0 aromatic carbocycles. The van der Waals surface area contributed by atoms with Gasteiger partial charge in [-0.1, -0.05) is 111 Å². The summed E-state index contributed by atoms with van der Waals surface area (Å²) in [5, 5.41) is 8.30. The molecule has 0 radical (unpaired) electrons. The largest absolute Gasteiger partial charge is 0.241 e. The predicted molar refractivity (Wildman–Crippen MR) is 201 cm³/mol. The van der Waals surface area contributed by atoms with E-state index in [1.807, 2.05) is 24.7 Å². The summed E-state index contributed by atoms with van der Waals surface area (Å²) in [5.74, 6) is 5.65. The van der Waals surface area contributed by atoms with Crippen LogP contribution in [0, 0.1) is 0 Å². The Morgan fingerprint density at radius 2 is 0.792 bits per heavy atom. The first-order valence-corrected chi connectivity index (χ1v) is 17.7. The summed E-state index contributed by atoms with van der Waals surface area (Å²) in [6, 6.07) is 8.20. The van der Waals surface area contributed by atoms with Gasteiger partial charge in [-0.2, -0.15) is 10.2 Å². The molecule has 8 heteroatoms. The van der Waals surface area contributed by atoms with E-state index < -0.39 is 0 Å². The van der Waals surface area contributed by atoms with Gasteiger partial charge in [-0.3, -0.25) is 0 Å². The number of hydrogen-bond donors (Lipinski definition) is 0. The van der Waals surface area contributed by atoms with Crippen LogP contribution in [0.15, 0.2) is 49.2 Å². The smallest absolute Gasteiger partial charge is 0.131 e. The second-order valence-electron chi connectivity index (χ2n) is 14.7. The Labute approximate surface area is 292 Å². The Morgan fingerprint density at radius 1 is 0.375 bits per heavy atom. The fourth-order valence-electron chi connectivity index (χ4n) is 3.92. The summed E-state index contributed by atoms with van der Waals surface area (Å²) < 4.78 is 0. The first-order valence-electron chi connectivity index (χ1n) is 17.7. The molecule has 0 aliphatic heterocycles. The van der Waals surface area contributed by atoms with Crippen LogP contribution in [0.5, 0.6) is 0 Å². The monoisotopic (exact) mass is 657 g/mol. The van der Waals surface area contributed by atoms with E-state index in [2.05, 4.69) is 169 Å². The zero-order valence-corrected chi connectivity index (χ0v) is 32.8. The minimum absolute atomic E-state index is 0.420. The van der Waals surface area contributed by atoms with Crippen molar-refractivity contribution in [3.63, 3.8) is 0 Å². The third kappa shape index (κ3) is 15.5. The van der Waals surface area contributed by atoms with E-state index in [0.717, 1.165) is 40.1 Å². The maximum absolute atomic E-state index is 4.46. The van der Waals surface area contributed by atoms with Gasteiger partial charge in [0.15, 0.2) is 0 Å². The fraction of sp³-hybridized carbons (Fsp3) is 0.600. The van der Waals surface area contributed by atoms with Crippen LogP contribution in [0.3, 0.4) is 0 Å². The van der Waals surface area contributed by atoms with Crippen molar-refractivity contribution in [3.8, 4) is 0 Å². The average molecular weight is 657 g/mol. The zero-order valence-electron chi connectivity index (χ0n) is 32.8. The van der Waals surface area contributed by atoms with E-state index in [4.69, 9.17) is 0 Å². The Bertz CT molecular complexity index is 1210. The minimum atomic E-state index is 0.420. The molecule has 4 rings (SSSR count). The number of hydrogen-bond acceptors (Lipinski definition) is 8. The molecule has 4 aromatic rings. The maximum Gasteiger partial charge on any atom is 0.131 e. The summed E-state index contributed by atoms with van der Waals surface area (Å²) in [5.41, 5.74) is 6.74. The van der Waals surface area contributed by atoms with Crippen molar-refractivity contribution in [2.24, 2.45) is 0 Å². The molecule has 4 aromatic heterocycles. The Balaban J connectivity index is 0.000000320. The number of rotatable bonds is 8. The zero-order chi connectivity index (χ0) is 36.6. The van der Waals surface area contributed by atoms with Crippen LogP contribution in [0.1, 0.15) is 204 Å². The molecule has 0 unspecified atom stereocenters. The summed E-state index contributed by atoms with van der Waals surface area (Å²) in [7, 11) is 0. The van der Waals surface area contributed by atoms with Crippen molar-refractivity contribution in [1.29, 1.82) is 0 Å². The van der Waals surface area contributed by atoms with Gasteiger partial charge in [0.1, 0.15) is 18.0 Å². The Morgan fingerprint density at radius 3 is 1.12 bits per heavy atom. The molecular weight excluding hydrogens is 592 g/mol. The molecule has 0 fully saturated rings. The minimum Gasteiger partial charge on any atom is -0.241 e. The van der Waals surface area contributed by atoms with Crippen molar-refractivity contribution in [3.05, 3.63) is 94.9 Å². The van der Waals surface area contributed by atoms with E-state index in [0.29, 0.717) is 47.3 Å². The summed E-state index contributed by atoms with van der Waals surface area (Å²) in [6.45, 7) is 34.1. The van der Waals surface area contributed by atoms with Crippen LogP contribution >= 0.6 is 0 Å². The van der Waals surface area contributed by atoms with Gasteiger partial charge in [-0.25, -0.2) is 29.9 Å². The van der Waals surface area contributed by atoms with Crippen LogP contribution in [-0.2, 0) is 0 Å². The molecular formula is C40H64N8. The van der Waals surface area contributed by atoms with Gasteiger partial charge in [-0.05, 0) is 65.3 Å². The molecule has 8 nitrogen and oxygen atoms in total. The topological polar surface area (TPSA) is 103 Å². The standard InChI is InChI=1S/4C10H16N2/c1-7(2)9-5-10(8(3)4)12-6-11-9;1-7(2)9-5-11-10(8(3)4)12-6-9;1-7(2)9-5-6-11-10(12-9)8(3)4;1-7(2)9-5-6-10(8(3)4)12-11-9/h4*5-8H,1-4H3. The Kier molecular flexibility index (Phi) is 18.8. The molecule has 48 heavy (non-hydrogen) atoms. The lowest BCUT2D eigenvalue weighted by atomic mass is 10.1. The second-order valence-corrected chi connectivity index (χ2v) is 14.7. The van der Waals surface area contributed by atoms with E-state index >= 15 is 0 Å². The lowest BCUT2D eigenvalue weighted by Gasteiger charge is -2.07. The summed E-state index contributed by atoms with van der Waals surface area (Å²) in [4.78, 5) is 25.7. The van der Waals surface area contributed by atoms with Crippen LogP contribution in [0.25, 0.3) is 0 Å². The van der Waals surface area contributed by atoms with Gasteiger partial charge in [0.05, 0.1) is 11.4 Å². The molecule has 0 spiro atoms. The highest BCUT2D eigenvalue weighted by Gasteiger charge is 2.07. The van der Waals surface area contributed by atoms with E-state index in [9.17, 15) is 0 Å². The van der Waals surface area contributed by atoms with Crippen LogP contribution < -0.4 is 0 Å². The van der Waals surface area contributed by atoms with Gasteiger partial charge in [0.2, 0.25) is 0 Å². The molecule has 0 bridgehead atoms. The highest BCUT2D eigenvalue weighted by atomic mass is 15.1. The number of nitrogens with zero attached hydrogens (tertiary/aromatic N) is 8. The number of aromatic nitrogens is 8. The van der Waals surface area contributed by atoms with Crippen LogP contribution in [0.2, 0.25) is 0 Å². The van der Waals surface area contributed by atoms with Crippen molar-refractivity contribution >= 4 is 0 Å². The van der Waals surface area contributed by atoms with Crippen molar-refractivity contribution in [1.82, 2.24) is 40.1 Å². The molecule has 0 saturated carbocycles. The first kappa shape index (κ1) is 42.3. The third-order valence-corrected chi connectivity index (χ3v) is 7.46. The van der Waals surface area contributed by atoms with E-state index in [1.54, 1.807) is 6.33 Å². The Hall–Kier alpha value is -3.68. The van der Waals surface area contributed by atoms with Gasteiger partial charge < -0.3 is 0 Å². The van der Waals surface area contributed by atoms with Gasteiger partial charge in [-0.15, -0.1) is 0 Å². The van der Waals surface area contributed by atoms with Gasteiger partial charge in [0, 0.05) is 47.5 Å². The molecule has 0 aliphatic rings. The fourth-order valence-corrected chi connectivity index (χ4v) is 3.92.